The SMILES string of the molecule is O=Cc1cc(Cl)c(-c2ccc(O)c(Cc3ccccc3)c2)c2ccccc12. The third-order valence-corrected chi connectivity index (χ3v) is 5.06. The molecule has 132 valence electrons. The second-order valence-corrected chi connectivity index (χ2v) is 6.90. The molecule has 0 saturated carbocycles. The molecule has 0 fully saturated rings. The molecule has 0 unspecified atom stereocenters. The number of aldehydes is 1. The summed E-state index contributed by atoms with van der Waals surface area (Å²) >= 11 is 6.55. The third-order valence-electron chi connectivity index (χ3n) is 4.76. The first-order valence-electron chi connectivity index (χ1n) is 8.70. The first-order chi connectivity index (χ1) is 13.2. The van der Waals surface area contributed by atoms with E-state index in [1.807, 2.05) is 66.7 Å². The Morgan fingerprint density at radius 1 is 0.852 bits per heavy atom. The number of hydrogen-bond acceptors (Lipinski definition) is 2. The minimum Gasteiger partial charge on any atom is -0.508 e. The molecule has 27 heavy (non-hydrogen) atoms. The predicted molar refractivity (Wildman–Crippen MR) is 111 cm³/mol. The van der Waals surface area contributed by atoms with Crippen LogP contribution in [0.5, 0.6) is 5.75 Å². The maximum atomic E-state index is 11.4. The van der Waals surface area contributed by atoms with Crippen molar-refractivity contribution in [1.82, 2.24) is 0 Å². The zero-order chi connectivity index (χ0) is 18.8. The van der Waals surface area contributed by atoms with Crippen LogP contribution in [0.3, 0.4) is 0 Å². The Morgan fingerprint density at radius 3 is 2.30 bits per heavy atom. The van der Waals surface area contributed by atoms with Gasteiger partial charge < -0.3 is 5.11 Å². The van der Waals surface area contributed by atoms with Gasteiger partial charge in [0.05, 0.1) is 0 Å². The molecule has 0 amide bonds. The van der Waals surface area contributed by atoms with Gasteiger partial charge in [-0.05, 0) is 45.7 Å². The fourth-order valence-electron chi connectivity index (χ4n) is 3.46. The summed E-state index contributed by atoms with van der Waals surface area (Å²) < 4.78 is 0. The van der Waals surface area contributed by atoms with E-state index in [1.54, 1.807) is 12.1 Å². The van der Waals surface area contributed by atoms with Crippen LogP contribution >= 0.6 is 11.6 Å². The molecular formula is C24H17ClO2. The van der Waals surface area contributed by atoms with Gasteiger partial charge in [0.15, 0.2) is 6.29 Å². The van der Waals surface area contributed by atoms with Gasteiger partial charge in [0.25, 0.3) is 0 Å². The van der Waals surface area contributed by atoms with Gasteiger partial charge in [0.1, 0.15) is 5.75 Å². The van der Waals surface area contributed by atoms with Crippen LogP contribution in [0.4, 0.5) is 0 Å². The van der Waals surface area contributed by atoms with E-state index in [0.29, 0.717) is 17.0 Å². The monoisotopic (exact) mass is 372 g/mol. The topological polar surface area (TPSA) is 37.3 Å². The molecule has 0 saturated heterocycles. The summed E-state index contributed by atoms with van der Waals surface area (Å²) in [7, 11) is 0. The molecule has 0 heterocycles. The summed E-state index contributed by atoms with van der Waals surface area (Å²) in [6.07, 6.45) is 1.46. The number of hydrogen-bond donors (Lipinski definition) is 1. The number of aromatic hydroxyl groups is 1. The lowest BCUT2D eigenvalue weighted by Gasteiger charge is -2.14. The number of halogens is 1. The van der Waals surface area contributed by atoms with Gasteiger partial charge in [0, 0.05) is 22.6 Å². The minimum absolute atomic E-state index is 0.257. The van der Waals surface area contributed by atoms with Gasteiger partial charge >= 0.3 is 0 Å². The fraction of sp³-hybridized carbons (Fsp3) is 0.0417. The van der Waals surface area contributed by atoms with E-state index in [-0.39, 0.29) is 5.75 Å². The Kier molecular flexibility index (Phi) is 4.66. The second kappa shape index (κ2) is 7.26. The van der Waals surface area contributed by atoms with Crippen LogP contribution in [0.25, 0.3) is 21.9 Å². The average Bonchev–Trinajstić information content (AvgIpc) is 2.70. The fourth-order valence-corrected chi connectivity index (χ4v) is 3.79. The number of phenolic OH excluding ortho intramolecular Hbond substituents is 1. The van der Waals surface area contributed by atoms with Gasteiger partial charge in [-0.1, -0.05) is 72.3 Å². The van der Waals surface area contributed by atoms with Crippen LogP contribution in [0.15, 0.2) is 78.9 Å². The van der Waals surface area contributed by atoms with Crippen LogP contribution in [-0.4, -0.2) is 11.4 Å². The van der Waals surface area contributed by atoms with Crippen molar-refractivity contribution in [2.75, 3.05) is 0 Å². The highest BCUT2D eigenvalue weighted by Crippen LogP contribution is 2.38. The van der Waals surface area contributed by atoms with Gasteiger partial charge in [-0.2, -0.15) is 0 Å². The number of phenols is 1. The molecule has 4 aromatic rings. The zero-order valence-corrected chi connectivity index (χ0v) is 15.3. The van der Waals surface area contributed by atoms with Gasteiger partial charge in [0.2, 0.25) is 0 Å². The van der Waals surface area contributed by atoms with Crippen LogP contribution in [-0.2, 0) is 6.42 Å². The highest BCUT2D eigenvalue weighted by Gasteiger charge is 2.14. The number of benzene rings is 4. The largest absolute Gasteiger partial charge is 0.508 e. The number of carbonyl (C=O) groups excluding carboxylic acids is 1. The molecule has 4 aromatic carbocycles. The van der Waals surface area contributed by atoms with E-state index in [2.05, 4.69) is 0 Å². The highest BCUT2D eigenvalue weighted by atomic mass is 35.5. The molecule has 1 N–H and O–H groups in total. The number of rotatable bonds is 4. The predicted octanol–water partition coefficient (Wildman–Crippen LogP) is 6.27. The normalized spacial score (nSPS) is 10.9. The molecule has 0 aromatic heterocycles. The van der Waals surface area contributed by atoms with E-state index in [4.69, 9.17) is 11.6 Å². The third kappa shape index (κ3) is 3.32. The van der Waals surface area contributed by atoms with Gasteiger partial charge in [-0.25, -0.2) is 0 Å². The molecule has 0 radical (unpaired) electrons. The Hall–Kier alpha value is -3.10. The maximum Gasteiger partial charge on any atom is 0.150 e. The summed E-state index contributed by atoms with van der Waals surface area (Å²) in [6, 6.07) is 25.0. The van der Waals surface area contributed by atoms with Gasteiger partial charge in [-0.15, -0.1) is 0 Å². The molecule has 0 aliphatic rings. The summed E-state index contributed by atoms with van der Waals surface area (Å²) in [5.41, 5.74) is 4.31. The highest BCUT2D eigenvalue weighted by molar-refractivity contribution is 6.35. The van der Waals surface area contributed by atoms with Crippen LogP contribution < -0.4 is 0 Å². The Labute approximate surface area is 162 Å². The average molecular weight is 373 g/mol. The van der Waals surface area contributed by atoms with Crippen molar-refractivity contribution < 1.29 is 9.90 Å². The lowest BCUT2D eigenvalue weighted by Crippen LogP contribution is -1.93. The van der Waals surface area contributed by atoms with Crippen molar-refractivity contribution in [2.24, 2.45) is 0 Å². The van der Waals surface area contributed by atoms with Crippen molar-refractivity contribution in [3.63, 3.8) is 0 Å². The molecule has 0 aliphatic heterocycles. The van der Waals surface area contributed by atoms with Crippen LogP contribution in [0.2, 0.25) is 5.02 Å². The standard InChI is InChI=1S/C24H17ClO2/c25-22-14-19(15-26)20-8-4-5-9-21(20)24(22)17-10-11-23(27)18(13-17)12-16-6-2-1-3-7-16/h1-11,13-15,27H,12H2. The maximum absolute atomic E-state index is 11.4. The lowest BCUT2D eigenvalue weighted by atomic mass is 9.93. The molecule has 0 aliphatic carbocycles. The van der Waals surface area contributed by atoms with E-state index in [9.17, 15) is 9.90 Å². The minimum atomic E-state index is 0.257. The van der Waals surface area contributed by atoms with Crippen molar-refractivity contribution in [3.8, 4) is 16.9 Å². The number of carbonyl (C=O) groups is 1. The van der Waals surface area contributed by atoms with Gasteiger partial charge in [-0.3, -0.25) is 4.79 Å². The summed E-state index contributed by atoms with van der Waals surface area (Å²) in [6.45, 7) is 0. The molecule has 3 heteroatoms. The van der Waals surface area contributed by atoms with Crippen molar-refractivity contribution >= 4 is 28.7 Å². The summed E-state index contributed by atoms with van der Waals surface area (Å²) in [5.74, 6) is 0.257. The summed E-state index contributed by atoms with van der Waals surface area (Å²) in [4.78, 5) is 11.4. The van der Waals surface area contributed by atoms with E-state index in [0.717, 1.165) is 39.3 Å². The molecule has 4 rings (SSSR count). The molecule has 2 nitrogen and oxygen atoms in total. The molecule has 0 bridgehead atoms. The zero-order valence-electron chi connectivity index (χ0n) is 14.5. The molecule has 0 atom stereocenters. The lowest BCUT2D eigenvalue weighted by molar-refractivity contribution is 0.112. The first kappa shape index (κ1) is 17.3. The quantitative estimate of drug-likeness (QED) is 0.429. The Balaban J connectivity index is 1.88. The summed E-state index contributed by atoms with van der Waals surface area (Å²) in [5, 5.41) is 12.6. The van der Waals surface area contributed by atoms with E-state index in [1.165, 1.54) is 0 Å². The second-order valence-electron chi connectivity index (χ2n) is 6.49. The first-order valence-corrected chi connectivity index (χ1v) is 9.08. The smallest absolute Gasteiger partial charge is 0.150 e. The number of fused-ring (bicyclic) bond motifs is 1. The van der Waals surface area contributed by atoms with Crippen LogP contribution in [0.1, 0.15) is 21.5 Å². The Bertz CT molecular complexity index is 1130. The molecule has 0 spiro atoms. The van der Waals surface area contributed by atoms with Crippen molar-refractivity contribution in [2.45, 2.75) is 6.42 Å². The van der Waals surface area contributed by atoms with E-state index < -0.39 is 0 Å². The van der Waals surface area contributed by atoms with Crippen LogP contribution in [0, 0.1) is 0 Å². The Morgan fingerprint density at radius 2 is 1.56 bits per heavy atom. The molecular weight excluding hydrogens is 356 g/mol. The van der Waals surface area contributed by atoms with Crippen molar-refractivity contribution in [1.29, 1.82) is 0 Å². The van der Waals surface area contributed by atoms with Crippen molar-refractivity contribution in [3.05, 3.63) is 101 Å². The van der Waals surface area contributed by atoms with E-state index >= 15 is 0 Å².